The van der Waals surface area contributed by atoms with Gasteiger partial charge < -0.3 is 10.6 Å². The van der Waals surface area contributed by atoms with E-state index in [2.05, 4.69) is 10.6 Å². The number of hydrogen-bond acceptors (Lipinski definition) is 3. The van der Waals surface area contributed by atoms with E-state index in [1.165, 1.54) is 12.1 Å². The van der Waals surface area contributed by atoms with Crippen molar-refractivity contribution in [1.29, 1.82) is 0 Å². The number of alkyl halides is 3. The molecule has 3 aromatic rings. The number of ketones is 1. The zero-order valence-corrected chi connectivity index (χ0v) is 16.0. The van der Waals surface area contributed by atoms with Gasteiger partial charge in [-0.1, -0.05) is 54.1 Å². The monoisotopic (exact) mass is 412 g/mol. The minimum Gasteiger partial charge on any atom is -0.359 e. The molecule has 1 atom stereocenters. The SMILES string of the molecule is Cc1ccc(C(=O)N[C@@H](Nc2cccc(C(F)(F)F)c2)C(=O)c2ccccc2)cc1. The molecule has 0 spiro atoms. The second-order valence-electron chi connectivity index (χ2n) is 6.73. The lowest BCUT2D eigenvalue weighted by atomic mass is 10.1. The van der Waals surface area contributed by atoms with Crippen LogP contribution in [0.1, 0.15) is 31.8 Å². The van der Waals surface area contributed by atoms with Gasteiger partial charge in [0.25, 0.3) is 5.91 Å². The average Bonchev–Trinajstić information content (AvgIpc) is 2.73. The van der Waals surface area contributed by atoms with Crippen LogP contribution in [0.5, 0.6) is 0 Å². The number of halogens is 3. The normalized spacial score (nSPS) is 12.1. The Balaban J connectivity index is 1.89. The highest BCUT2D eigenvalue weighted by atomic mass is 19.4. The molecule has 4 nitrogen and oxygen atoms in total. The zero-order chi connectivity index (χ0) is 21.7. The molecule has 2 N–H and O–H groups in total. The van der Waals surface area contributed by atoms with Crippen molar-refractivity contribution in [2.45, 2.75) is 19.3 Å². The topological polar surface area (TPSA) is 58.2 Å². The molecule has 7 heteroatoms. The highest BCUT2D eigenvalue weighted by Gasteiger charge is 2.31. The molecule has 0 saturated heterocycles. The number of Topliss-reactive ketones (excluding diaryl/α,β-unsaturated/α-hetero) is 1. The van der Waals surface area contributed by atoms with Crippen LogP contribution in [0.15, 0.2) is 78.9 Å². The molecule has 3 aromatic carbocycles. The maximum absolute atomic E-state index is 13.0. The van der Waals surface area contributed by atoms with Gasteiger partial charge in [-0.15, -0.1) is 0 Å². The zero-order valence-electron chi connectivity index (χ0n) is 16.0. The van der Waals surface area contributed by atoms with Crippen LogP contribution in [-0.4, -0.2) is 17.9 Å². The van der Waals surface area contributed by atoms with Gasteiger partial charge >= 0.3 is 6.18 Å². The Morgan fingerprint density at radius 3 is 2.13 bits per heavy atom. The van der Waals surface area contributed by atoms with Crippen molar-refractivity contribution in [2.24, 2.45) is 0 Å². The molecule has 0 aliphatic heterocycles. The summed E-state index contributed by atoms with van der Waals surface area (Å²) >= 11 is 0. The van der Waals surface area contributed by atoms with Crippen LogP contribution >= 0.6 is 0 Å². The smallest absolute Gasteiger partial charge is 0.359 e. The summed E-state index contributed by atoms with van der Waals surface area (Å²) in [4.78, 5) is 25.6. The second-order valence-corrected chi connectivity index (χ2v) is 6.73. The molecule has 0 aliphatic rings. The lowest BCUT2D eigenvalue weighted by Gasteiger charge is -2.21. The Hall–Kier alpha value is -3.61. The Morgan fingerprint density at radius 1 is 0.833 bits per heavy atom. The summed E-state index contributed by atoms with van der Waals surface area (Å²) in [6, 6.07) is 19.4. The fraction of sp³-hybridized carbons (Fsp3) is 0.130. The number of benzene rings is 3. The summed E-state index contributed by atoms with van der Waals surface area (Å²) in [5.41, 5.74) is 0.806. The molecule has 0 radical (unpaired) electrons. The van der Waals surface area contributed by atoms with E-state index in [0.29, 0.717) is 11.1 Å². The minimum atomic E-state index is -4.53. The van der Waals surface area contributed by atoms with Gasteiger partial charge in [-0.05, 0) is 37.3 Å². The number of carbonyl (C=O) groups is 2. The third-order valence-electron chi connectivity index (χ3n) is 4.41. The summed E-state index contributed by atoms with van der Waals surface area (Å²) in [6.07, 6.45) is -5.79. The van der Waals surface area contributed by atoms with E-state index >= 15 is 0 Å². The van der Waals surface area contributed by atoms with Crippen molar-refractivity contribution in [1.82, 2.24) is 5.32 Å². The summed E-state index contributed by atoms with van der Waals surface area (Å²) in [7, 11) is 0. The molecule has 0 unspecified atom stereocenters. The predicted octanol–water partition coefficient (Wildman–Crippen LogP) is 5.06. The van der Waals surface area contributed by atoms with Crippen molar-refractivity contribution in [2.75, 3.05) is 5.32 Å². The van der Waals surface area contributed by atoms with E-state index in [-0.39, 0.29) is 5.69 Å². The van der Waals surface area contributed by atoms with Crippen LogP contribution in [-0.2, 0) is 6.18 Å². The molecular weight excluding hydrogens is 393 g/mol. The van der Waals surface area contributed by atoms with E-state index in [1.807, 2.05) is 6.92 Å². The van der Waals surface area contributed by atoms with Crippen LogP contribution in [0.2, 0.25) is 0 Å². The van der Waals surface area contributed by atoms with E-state index < -0.39 is 29.6 Å². The van der Waals surface area contributed by atoms with E-state index in [1.54, 1.807) is 54.6 Å². The Morgan fingerprint density at radius 2 is 1.50 bits per heavy atom. The molecule has 3 rings (SSSR count). The van der Waals surface area contributed by atoms with E-state index in [9.17, 15) is 22.8 Å². The molecule has 0 fully saturated rings. The van der Waals surface area contributed by atoms with Crippen LogP contribution in [0.3, 0.4) is 0 Å². The van der Waals surface area contributed by atoms with E-state index in [0.717, 1.165) is 17.7 Å². The standard InChI is InChI=1S/C23H19F3N2O2/c1-15-10-12-17(13-11-15)22(30)28-21(20(29)16-6-3-2-4-7-16)27-19-9-5-8-18(14-19)23(24,25)26/h2-14,21,27H,1H3,(H,28,30)/t21-/m1/s1. The van der Waals surface area contributed by atoms with Crippen molar-refractivity contribution in [3.05, 3.63) is 101 Å². The molecular formula is C23H19F3N2O2. The van der Waals surface area contributed by atoms with Gasteiger partial charge in [0.15, 0.2) is 6.17 Å². The highest BCUT2D eigenvalue weighted by Crippen LogP contribution is 2.30. The highest BCUT2D eigenvalue weighted by molar-refractivity contribution is 6.05. The number of aryl methyl sites for hydroxylation is 1. The first kappa shape index (κ1) is 21.1. The molecule has 0 saturated carbocycles. The quantitative estimate of drug-likeness (QED) is 0.439. The van der Waals surface area contributed by atoms with Gasteiger partial charge in [-0.3, -0.25) is 9.59 Å². The fourth-order valence-corrected chi connectivity index (χ4v) is 2.81. The second kappa shape index (κ2) is 8.82. The molecule has 0 aliphatic carbocycles. The van der Waals surface area contributed by atoms with Crippen LogP contribution < -0.4 is 10.6 Å². The minimum absolute atomic E-state index is 0.0586. The van der Waals surface area contributed by atoms with Crippen LogP contribution in [0, 0.1) is 6.92 Å². The molecule has 0 aromatic heterocycles. The maximum Gasteiger partial charge on any atom is 0.416 e. The first-order valence-electron chi connectivity index (χ1n) is 9.14. The number of nitrogens with one attached hydrogen (secondary N) is 2. The largest absolute Gasteiger partial charge is 0.416 e. The Bertz CT molecular complexity index is 1030. The third-order valence-corrected chi connectivity index (χ3v) is 4.41. The Labute approximate surface area is 171 Å². The summed E-state index contributed by atoms with van der Waals surface area (Å²) < 4.78 is 39.1. The van der Waals surface area contributed by atoms with Crippen molar-refractivity contribution in [3.63, 3.8) is 0 Å². The molecule has 30 heavy (non-hydrogen) atoms. The van der Waals surface area contributed by atoms with Gasteiger partial charge in [0.2, 0.25) is 5.78 Å². The van der Waals surface area contributed by atoms with Crippen LogP contribution in [0.25, 0.3) is 0 Å². The molecule has 1 amide bonds. The summed E-state index contributed by atoms with van der Waals surface area (Å²) in [5.74, 6) is -1.00. The summed E-state index contributed by atoms with van der Waals surface area (Å²) in [5, 5.41) is 5.30. The molecule has 154 valence electrons. The van der Waals surface area contributed by atoms with Gasteiger partial charge in [0.1, 0.15) is 0 Å². The van der Waals surface area contributed by atoms with Gasteiger partial charge in [0.05, 0.1) is 5.56 Å². The number of rotatable bonds is 6. The first-order valence-corrected chi connectivity index (χ1v) is 9.14. The predicted molar refractivity (Wildman–Crippen MR) is 108 cm³/mol. The number of anilines is 1. The fourth-order valence-electron chi connectivity index (χ4n) is 2.81. The number of carbonyl (C=O) groups excluding carboxylic acids is 2. The Kier molecular flexibility index (Phi) is 6.20. The third kappa shape index (κ3) is 5.26. The number of hydrogen-bond donors (Lipinski definition) is 2. The first-order chi connectivity index (χ1) is 14.2. The molecule has 0 heterocycles. The van der Waals surface area contributed by atoms with Gasteiger partial charge in [-0.2, -0.15) is 13.2 Å². The van der Waals surface area contributed by atoms with Crippen molar-refractivity contribution in [3.8, 4) is 0 Å². The van der Waals surface area contributed by atoms with Crippen molar-refractivity contribution < 1.29 is 22.8 Å². The van der Waals surface area contributed by atoms with E-state index in [4.69, 9.17) is 0 Å². The molecule has 0 bridgehead atoms. The van der Waals surface area contributed by atoms with Gasteiger partial charge in [-0.25, -0.2) is 0 Å². The lowest BCUT2D eigenvalue weighted by molar-refractivity contribution is -0.137. The maximum atomic E-state index is 13.0. The summed E-state index contributed by atoms with van der Waals surface area (Å²) in [6.45, 7) is 1.87. The average molecular weight is 412 g/mol. The number of amides is 1. The lowest BCUT2D eigenvalue weighted by Crippen LogP contribution is -2.46. The van der Waals surface area contributed by atoms with Gasteiger partial charge in [0, 0.05) is 16.8 Å². The van der Waals surface area contributed by atoms with Crippen LogP contribution in [0.4, 0.5) is 18.9 Å². The van der Waals surface area contributed by atoms with Crippen molar-refractivity contribution >= 4 is 17.4 Å².